The van der Waals surface area contributed by atoms with Gasteiger partial charge in [-0.15, -0.1) is 0 Å². The predicted molar refractivity (Wildman–Crippen MR) is 62.6 cm³/mol. The quantitative estimate of drug-likeness (QED) is 0.759. The first-order chi connectivity index (χ1) is 8.15. The van der Waals surface area contributed by atoms with Crippen molar-refractivity contribution in [1.29, 1.82) is 0 Å². The third kappa shape index (κ3) is 3.00. The monoisotopic (exact) mass is 232 g/mol. The molecular weight excluding hydrogens is 219 g/mol. The second-order valence-electron chi connectivity index (χ2n) is 4.00. The Balaban J connectivity index is 2.14. The molecule has 0 radical (unpaired) electrons. The molecule has 88 valence electrons. The van der Waals surface area contributed by atoms with Gasteiger partial charge < -0.3 is 4.74 Å². The first-order valence-corrected chi connectivity index (χ1v) is 5.40. The molecule has 0 spiro atoms. The normalized spacial score (nSPS) is 10.6. The zero-order valence-corrected chi connectivity index (χ0v) is 9.72. The Morgan fingerprint density at radius 2 is 1.82 bits per heavy atom. The fraction of sp³-hybridized carbons (Fsp3) is 0.231. The molecule has 0 fully saturated rings. The molecule has 0 aliphatic heterocycles. The van der Waals surface area contributed by atoms with E-state index in [9.17, 15) is 4.39 Å². The van der Waals surface area contributed by atoms with Crippen molar-refractivity contribution in [1.82, 2.24) is 9.97 Å². The Hall–Kier alpha value is -1.97. The van der Waals surface area contributed by atoms with Crippen LogP contribution in [0, 0.1) is 5.95 Å². The molecule has 0 amide bonds. The van der Waals surface area contributed by atoms with Crippen molar-refractivity contribution in [2.45, 2.75) is 19.8 Å². The van der Waals surface area contributed by atoms with E-state index in [1.54, 1.807) is 0 Å². The van der Waals surface area contributed by atoms with Crippen molar-refractivity contribution in [3.63, 3.8) is 0 Å². The van der Waals surface area contributed by atoms with Gasteiger partial charge in [-0.3, -0.25) is 0 Å². The molecule has 3 nitrogen and oxygen atoms in total. The highest BCUT2D eigenvalue weighted by Crippen LogP contribution is 2.22. The van der Waals surface area contributed by atoms with Crippen LogP contribution in [0.15, 0.2) is 36.7 Å². The summed E-state index contributed by atoms with van der Waals surface area (Å²) < 4.78 is 18.2. The van der Waals surface area contributed by atoms with E-state index in [0.717, 1.165) is 12.4 Å². The summed E-state index contributed by atoms with van der Waals surface area (Å²) >= 11 is 0. The fourth-order valence-electron chi connectivity index (χ4n) is 1.41. The molecule has 0 aliphatic rings. The number of aromatic nitrogens is 2. The lowest BCUT2D eigenvalue weighted by molar-refractivity contribution is 0.450. The van der Waals surface area contributed by atoms with E-state index >= 15 is 0 Å². The van der Waals surface area contributed by atoms with Crippen LogP contribution in [-0.4, -0.2) is 9.97 Å². The van der Waals surface area contributed by atoms with E-state index in [-0.39, 0.29) is 5.88 Å². The van der Waals surface area contributed by atoms with Crippen LogP contribution in [-0.2, 0) is 0 Å². The summed E-state index contributed by atoms with van der Waals surface area (Å²) in [6, 6.07) is 8.80. The molecule has 0 bridgehead atoms. The Bertz CT molecular complexity index is 497. The zero-order chi connectivity index (χ0) is 12.3. The third-order valence-electron chi connectivity index (χ3n) is 2.38. The molecule has 0 N–H and O–H groups in total. The van der Waals surface area contributed by atoms with Crippen molar-refractivity contribution in [3.8, 4) is 11.6 Å². The topological polar surface area (TPSA) is 35.0 Å². The summed E-state index contributed by atoms with van der Waals surface area (Å²) in [6.07, 6.45) is 1.13. The Morgan fingerprint density at radius 1 is 1.12 bits per heavy atom. The molecule has 2 rings (SSSR count). The lowest BCUT2D eigenvalue weighted by atomic mass is 10.0. The standard InChI is InChI=1S/C13H13FN2O/c1-9(2)10-3-5-11(6-4-10)17-13-7-12(14)15-8-16-13/h3-9H,1-2H3. The molecule has 0 saturated carbocycles. The van der Waals surface area contributed by atoms with Gasteiger partial charge in [0.2, 0.25) is 11.8 Å². The van der Waals surface area contributed by atoms with Crippen molar-refractivity contribution in [3.05, 3.63) is 48.2 Å². The minimum atomic E-state index is -0.603. The predicted octanol–water partition coefficient (Wildman–Crippen LogP) is 3.53. The highest BCUT2D eigenvalue weighted by atomic mass is 19.1. The molecule has 0 aliphatic carbocycles. The summed E-state index contributed by atoms with van der Waals surface area (Å²) in [4.78, 5) is 7.18. The van der Waals surface area contributed by atoms with Crippen LogP contribution < -0.4 is 4.74 Å². The van der Waals surface area contributed by atoms with Crippen molar-refractivity contribution >= 4 is 0 Å². The highest BCUT2D eigenvalue weighted by Gasteiger charge is 2.02. The van der Waals surface area contributed by atoms with Gasteiger partial charge in [0.25, 0.3) is 0 Å². The number of halogens is 1. The van der Waals surface area contributed by atoms with Crippen molar-refractivity contribution in [2.75, 3.05) is 0 Å². The minimum absolute atomic E-state index is 0.204. The minimum Gasteiger partial charge on any atom is -0.439 e. The summed E-state index contributed by atoms with van der Waals surface area (Å²) in [6.45, 7) is 4.24. The maximum absolute atomic E-state index is 12.8. The van der Waals surface area contributed by atoms with Crippen LogP contribution in [0.25, 0.3) is 0 Å². The van der Waals surface area contributed by atoms with E-state index in [1.807, 2.05) is 24.3 Å². The molecule has 0 atom stereocenters. The van der Waals surface area contributed by atoms with Gasteiger partial charge in [0.1, 0.15) is 12.1 Å². The summed E-state index contributed by atoms with van der Waals surface area (Å²) in [7, 11) is 0. The van der Waals surface area contributed by atoms with Gasteiger partial charge in [-0.05, 0) is 23.6 Å². The van der Waals surface area contributed by atoms with Crippen LogP contribution in [0.3, 0.4) is 0 Å². The summed E-state index contributed by atoms with van der Waals surface area (Å²) in [5.74, 6) is 0.705. The smallest absolute Gasteiger partial charge is 0.225 e. The number of ether oxygens (including phenoxy) is 1. The maximum Gasteiger partial charge on any atom is 0.225 e. The molecule has 17 heavy (non-hydrogen) atoms. The number of nitrogens with zero attached hydrogens (tertiary/aromatic N) is 2. The summed E-state index contributed by atoms with van der Waals surface area (Å²) in [5.41, 5.74) is 1.23. The van der Waals surface area contributed by atoms with Crippen molar-refractivity contribution < 1.29 is 9.13 Å². The van der Waals surface area contributed by atoms with Crippen LogP contribution in [0.1, 0.15) is 25.3 Å². The van der Waals surface area contributed by atoms with Gasteiger partial charge in [-0.2, -0.15) is 4.39 Å². The van der Waals surface area contributed by atoms with Gasteiger partial charge in [0.05, 0.1) is 6.07 Å². The van der Waals surface area contributed by atoms with E-state index in [1.165, 1.54) is 5.56 Å². The first-order valence-electron chi connectivity index (χ1n) is 5.40. The van der Waals surface area contributed by atoms with Crippen LogP contribution >= 0.6 is 0 Å². The molecule has 1 aromatic carbocycles. The van der Waals surface area contributed by atoms with Gasteiger partial charge in [0, 0.05) is 0 Å². The number of rotatable bonds is 3. The molecule has 4 heteroatoms. The van der Waals surface area contributed by atoms with E-state index < -0.39 is 5.95 Å². The third-order valence-corrected chi connectivity index (χ3v) is 2.38. The van der Waals surface area contributed by atoms with Gasteiger partial charge >= 0.3 is 0 Å². The van der Waals surface area contributed by atoms with Crippen LogP contribution in [0.5, 0.6) is 11.6 Å². The van der Waals surface area contributed by atoms with E-state index in [2.05, 4.69) is 23.8 Å². The molecule has 1 aromatic heterocycles. The van der Waals surface area contributed by atoms with Crippen LogP contribution in [0.4, 0.5) is 4.39 Å². The first kappa shape index (κ1) is 11.5. The van der Waals surface area contributed by atoms with E-state index in [0.29, 0.717) is 11.7 Å². The van der Waals surface area contributed by atoms with E-state index in [4.69, 9.17) is 4.74 Å². The van der Waals surface area contributed by atoms with Crippen molar-refractivity contribution in [2.24, 2.45) is 0 Å². The lowest BCUT2D eigenvalue weighted by Crippen LogP contribution is -1.92. The van der Waals surface area contributed by atoms with Crippen LogP contribution in [0.2, 0.25) is 0 Å². The Kier molecular flexibility index (Phi) is 3.32. The average Bonchev–Trinajstić information content (AvgIpc) is 2.29. The number of benzene rings is 1. The van der Waals surface area contributed by atoms with Gasteiger partial charge in [0.15, 0.2) is 0 Å². The lowest BCUT2D eigenvalue weighted by Gasteiger charge is -2.07. The summed E-state index contributed by atoms with van der Waals surface area (Å²) in [5, 5.41) is 0. The highest BCUT2D eigenvalue weighted by molar-refractivity contribution is 5.31. The average molecular weight is 232 g/mol. The fourth-order valence-corrected chi connectivity index (χ4v) is 1.41. The largest absolute Gasteiger partial charge is 0.439 e. The SMILES string of the molecule is CC(C)c1ccc(Oc2cc(F)ncn2)cc1. The Morgan fingerprint density at radius 3 is 2.41 bits per heavy atom. The molecule has 2 aromatic rings. The molecular formula is C13H13FN2O. The second-order valence-corrected chi connectivity index (χ2v) is 4.00. The Labute approximate surface area is 99.3 Å². The maximum atomic E-state index is 12.8. The van der Waals surface area contributed by atoms with Gasteiger partial charge in [-0.25, -0.2) is 9.97 Å². The molecule has 0 unspecified atom stereocenters. The zero-order valence-electron chi connectivity index (χ0n) is 9.72. The number of hydrogen-bond donors (Lipinski definition) is 0. The molecule has 0 saturated heterocycles. The molecule has 1 heterocycles. The number of hydrogen-bond acceptors (Lipinski definition) is 3. The van der Waals surface area contributed by atoms with Gasteiger partial charge in [-0.1, -0.05) is 26.0 Å². The second kappa shape index (κ2) is 4.91.